The van der Waals surface area contributed by atoms with E-state index in [4.69, 9.17) is 4.98 Å². The average molecular weight is 423 g/mol. The van der Waals surface area contributed by atoms with Crippen molar-refractivity contribution in [3.63, 3.8) is 0 Å². The van der Waals surface area contributed by atoms with E-state index in [0.29, 0.717) is 18.4 Å². The van der Waals surface area contributed by atoms with Crippen LogP contribution in [-0.2, 0) is 13.5 Å². The lowest BCUT2D eigenvalue weighted by Crippen LogP contribution is -2.35. The summed E-state index contributed by atoms with van der Waals surface area (Å²) in [5.41, 5.74) is 4.24. The quantitative estimate of drug-likeness (QED) is 0.566. The number of aromatic nitrogens is 5. The Balaban J connectivity index is 1.34. The number of pyridine rings is 1. The number of aryl methyl sites for hydroxylation is 1. The summed E-state index contributed by atoms with van der Waals surface area (Å²) in [6, 6.07) is 3.96. The van der Waals surface area contributed by atoms with Crippen LogP contribution in [0.3, 0.4) is 0 Å². The number of carbonyl (C=O) groups is 1. The fourth-order valence-electron chi connectivity index (χ4n) is 4.16. The van der Waals surface area contributed by atoms with E-state index >= 15 is 0 Å². The Hall–Kier alpha value is -3.36. The van der Waals surface area contributed by atoms with Gasteiger partial charge in [0.2, 0.25) is 5.95 Å². The van der Waals surface area contributed by atoms with Gasteiger partial charge in [-0.15, -0.1) is 0 Å². The molecule has 1 aliphatic rings. The summed E-state index contributed by atoms with van der Waals surface area (Å²) in [5.74, 6) is 1.97. The average Bonchev–Trinajstić information content (AvgIpc) is 3.41. The second-order valence-electron chi connectivity index (χ2n) is 7.99. The van der Waals surface area contributed by atoms with Gasteiger partial charge in [0.1, 0.15) is 5.69 Å². The number of urea groups is 1. The first-order valence-corrected chi connectivity index (χ1v) is 10.8. The lowest BCUT2D eigenvalue weighted by Gasteiger charge is -2.34. The number of rotatable bonds is 6. The summed E-state index contributed by atoms with van der Waals surface area (Å²) >= 11 is 0. The summed E-state index contributed by atoms with van der Waals surface area (Å²) in [6.45, 7) is 6.56. The molecule has 4 heterocycles. The fraction of sp³-hybridized carbons (Fsp3) is 0.455. The Morgan fingerprint density at radius 2 is 2.06 bits per heavy atom. The Bertz CT molecular complexity index is 1020. The third-order valence-corrected chi connectivity index (χ3v) is 5.90. The number of piperidine rings is 1. The van der Waals surface area contributed by atoms with E-state index in [1.54, 1.807) is 6.20 Å². The van der Waals surface area contributed by atoms with E-state index in [1.165, 1.54) is 5.69 Å². The standard InChI is InChI=1S/C22H30N8O/c1-4-23-22(31)28-21-26-14-17(29(21)3)13-16-7-11-30(12-8-16)19-6-5-18(27-15(19)2)20-24-9-10-25-20/h5-6,9-10,14,16H,4,7-8,11-13H2,1-3H3,(H,24,25)(H2,23,26,28,31). The molecule has 3 aromatic heterocycles. The van der Waals surface area contributed by atoms with E-state index in [1.807, 2.05) is 37.0 Å². The minimum absolute atomic E-state index is 0.224. The smallest absolute Gasteiger partial charge is 0.321 e. The zero-order chi connectivity index (χ0) is 21.8. The highest BCUT2D eigenvalue weighted by Crippen LogP contribution is 2.29. The monoisotopic (exact) mass is 422 g/mol. The van der Waals surface area contributed by atoms with Gasteiger partial charge in [0.05, 0.1) is 17.6 Å². The Kier molecular flexibility index (Phi) is 6.20. The molecule has 0 atom stereocenters. The predicted octanol–water partition coefficient (Wildman–Crippen LogP) is 3.11. The summed E-state index contributed by atoms with van der Waals surface area (Å²) in [4.78, 5) is 30.7. The number of carbonyl (C=O) groups excluding carboxylic acids is 1. The van der Waals surface area contributed by atoms with Crippen molar-refractivity contribution >= 4 is 17.7 Å². The van der Waals surface area contributed by atoms with Crippen LogP contribution in [0, 0.1) is 12.8 Å². The molecule has 9 nitrogen and oxygen atoms in total. The molecule has 164 valence electrons. The molecular formula is C22H30N8O. The first-order chi connectivity index (χ1) is 15.0. The maximum absolute atomic E-state index is 11.8. The van der Waals surface area contributed by atoms with Crippen molar-refractivity contribution in [3.05, 3.63) is 42.1 Å². The zero-order valence-electron chi connectivity index (χ0n) is 18.4. The van der Waals surface area contributed by atoms with Crippen LogP contribution in [0.2, 0.25) is 0 Å². The molecule has 0 aromatic carbocycles. The van der Waals surface area contributed by atoms with E-state index in [9.17, 15) is 4.79 Å². The number of nitrogens with zero attached hydrogens (tertiary/aromatic N) is 5. The van der Waals surface area contributed by atoms with Crippen LogP contribution >= 0.6 is 0 Å². The molecule has 0 spiro atoms. The number of imidazole rings is 2. The molecule has 0 saturated carbocycles. The molecule has 9 heteroatoms. The summed E-state index contributed by atoms with van der Waals surface area (Å²) < 4.78 is 1.98. The lowest BCUT2D eigenvalue weighted by atomic mass is 9.92. The molecule has 31 heavy (non-hydrogen) atoms. The largest absolute Gasteiger partial charge is 0.370 e. The van der Waals surface area contributed by atoms with Crippen LogP contribution in [0.15, 0.2) is 30.7 Å². The normalized spacial score (nSPS) is 14.6. The second-order valence-corrected chi connectivity index (χ2v) is 7.99. The Labute approximate surface area is 182 Å². The van der Waals surface area contributed by atoms with E-state index in [-0.39, 0.29) is 6.03 Å². The Morgan fingerprint density at radius 3 is 2.74 bits per heavy atom. The summed E-state index contributed by atoms with van der Waals surface area (Å²) in [7, 11) is 1.95. The van der Waals surface area contributed by atoms with Gasteiger partial charge in [-0.25, -0.2) is 19.7 Å². The number of hydrogen-bond acceptors (Lipinski definition) is 5. The lowest BCUT2D eigenvalue weighted by molar-refractivity contribution is 0.252. The van der Waals surface area contributed by atoms with Gasteiger partial charge in [-0.2, -0.15) is 0 Å². The van der Waals surface area contributed by atoms with Crippen molar-refractivity contribution in [2.75, 3.05) is 29.9 Å². The predicted molar refractivity (Wildman–Crippen MR) is 121 cm³/mol. The zero-order valence-corrected chi connectivity index (χ0v) is 18.4. The third kappa shape index (κ3) is 4.70. The topological polar surface area (TPSA) is 104 Å². The maximum atomic E-state index is 11.8. The van der Waals surface area contributed by atoms with Crippen molar-refractivity contribution in [3.8, 4) is 11.5 Å². The molecule has 1 saturated heterocycles. The molecule has 3 N–H and O–H groups in total. The summed E-state index contributed by atoms with van der Waals surface area (Å²) in [5, 5.41) is 5.53. The van der Waals surface area contributed by atoms with E-state index < -0.39 is 0 Å². The summed E-state index contributed by atoms with van der Waals surface area (Å²) in [6.07, 6.45) is 8.62. The highest BCUT2D eigenvalue weighted by molar-refractivity contribution is 5.87. The van der Waals surface area contributed by atoms with Gasteiger partial charge in [0.15, 0.2) is 5.82 Å². The van der Waals surface area contributed by atoms with E-state index in [2.05, 4.69) is 43.5 Å². The molecule has 4 rings (SSSR count). The number of hydrogen-bond donors (Lipinski definition) is 3. The molecule has 2 amide bonds. The minimum Gasteiger partial charge on any atom is -0.370 e. The van der Waals surface area contributed by atoms with Crippen LogP contribution in [0.1, 0.15) is 31.2 Å². The molecule has 1 fully saturated rings. The number of nitrogens with one attached hydrogen (secondary N) is 3. The first-order valence-electron chi connectivity index (χ1n) is 10.8. The van der Waals surface area contributed by atoms with Crippen LogP contribution < -0.4 is 15.5 Å². The number of anilines is 2. The molecule has 0 bridgehead atoms. The highest BCUT2D eigenvalue weighted by Gasteiger charge is 2.23. The van der Waals surface area contributed by atoms with Gasteiger partial charge in [-0.05, 0) is 51.2 Å². The fourth-order valence-corrected chi connectivity index (χ4v) is 4.16. The van der Waals surface area contributed by atoms with Gasteiger partial charge in [0.25, 0.3) is 0 Å². The van der Waals surface area contributed by atoms with Crippen LogP contribution in [0.25, 0.3) is 11.5 Å². The first kappa shape index (κ1) is 20.9. The maximum Gasteiger partial charge on any atom is 0.321 e. The van der Waals surface area contributed by atoms with Crippen molar-refractivity contribution in [1.29, 1.82) is 0 Å². The number of H-pyrrole nitrogens is 1. The van der Waals surface area contributed by atoms with Gasteiger partial charge >= 0.3 is 6.03 Å². The van der Waals surface area contributed by atoms with Crippen LogP contribution in [0.4, 0.5) is 16.4 Å². The molecule has 1 aliphatic heterocycles. The van der Waals surface area contributed by atoms with Crippen molar-refractivity contribution in [1.82, 2.24) is 29.8 Å². The molecule has 0 aliphatic carbocycles. The van der Waals surface area contributed by atoms with Crippen molar-refractivity contribution in [2.45, 2.75) is 33.1 Å². The van der Waals surface area contributed by atoms with Crippen molar-refractivity contribution in [2.24, 2.45) is 13.0 Å². The molecular weight excluding hydrogens is 392 g/mol. The van der Waals surface area contributed by atoms with Gasteiger partial charge in [0, 0.05) is 44.8 Å². The van der Waals surface area contributed by atoms with Crippen molar-refractivity contribution < 1.29 is 4.79 Å². The minimum atomic E-state index is -0.224. The van der Waals surface area contributed by atoms with Gasteiger partial charge in [-0.3, -0.25) is 5.32 Å². The Morgan fingerprint density at radius 1 is 1.26 bits per heavy atom. The molecule has 0 radical (unpaired) electrons. The third-order valence-electron chi connectivity index (χ3n) is 5.90. The van der Waals surface area contributed by atoms with Gasteiger partial charge in [-0.1, -0.05) is 0 Å². The number of amides is 2. The van der Waals surface area contributed by atoms with Gasteiger partial charge < -0.3 is 19.8 Å². The molecule has 3 aromatic rings. The molecule has 0 unspecified atom stereocenters. The van der Waals surface area contributed by atoms with E-state index in [0.717, 1.165) is 55.3 Å². The van der Waals surface area contributed by atoms with Crippen LogP contribution in [-0.4, -0.2) is 50.2 Å². The highest BCUT2D eigenvalue weighted by atomic mass is 16.2. The van der Waals surface area contributed by atoms with Crippen LogP contribution in [0.5, 0.6) is 0 Å². The number of aromatic amines is 1. The second kappa shape index (κ2) is 9.20. The SMILES string of the molecule is CCNC(=O)Nc1ncc(CC2CCN(c3ccc(-c4ncc[nH]4)nc3C)CC2)n1C.